The Balaban J connectivity index is 1.98. The Hall–Kier alpha value is -0.830. The van der Waals surface area contributed by atoms with Crippen LogP contribution in [0.25, 0.3) is 0 Å². The molecule has 1 N–H and O–H groups in total. The highest BCUT2D eigenvalue weighted by atomic mass is 15.3. The molecule has 0 aromatic heterocycles. The van der Waals surface area contributed by atoms with Crippen molar-refractivity contribution >= 4 is 6.21 Å². The molecule has 3 heteroatoms. The zero-order chi connectivity index (χ0) is 9.10. The lowest BCUT2D eigenvalue weighted by Gasteiger charge is -2.38. The number of nitrogens with zero attached hydrogens (tertiary/aromatic N) is 2. The molecule has 2 heterocycles. The maximum atomic E-state index is 4.10. The predicted molar refractivity (Wildman–Crippen MR) is 53.2 cm³/mol. The van der Waals surface area contributed by atoms with Crippen molar-refractivity contribution < 1.29 is 0 Å². The lowest BCUT2D eigenvalue weighted by atomic mass is 10.0. The molecule has 1 saturated heterocycles. The van der Waals surface area contributed by atoms with Gasteiger partial charge in [-0.1, -0.05) is 6.42 Å². The predicted octanol–water partition coefficient (Wildman–Crippen LogP) is 1.14. The van der Waals surface area contributed by atoms with Crippen LogP contribution in [0.3, 0.4) is 0 Å². The number of hydrogen-bond acceptors (Lipinski definition) is 3. The average molecular weight is 178 g/mol. The molecule has 2 aliphatic rings. The van der Waals surface area contributed by atoms with Gasteiger partial charge in [-0.2, -0.15) is 0 Å². The molecule has 2 atom stereocenters. The van der Waals surface area contributed by atoms with E-state index in [-0.39, 0.29) is 6.17 Å². The number of aliphatic imine (C=N–C) groups is 1. The number of piperidine rings is 1. The molecule has 0 aromatic carbocycles. The second-order valence-corrected chi connectivity index (χ2v) is 3.74. The van der Waals surface area contributed by atoms with E-state index in [1.165, 1.54) is 25.8 Å². The number of likely N-dealkylation sites (tertiary alicyclic amines) is 1. The van der Waals surface area contributed by atoms with Crippen LogP contribution in [0, 0.1) is 6.20 Å². The normalized spacial score (nSPS) is 34.5. The summed E-state index contributed by atoms with van der Waals surface area (Å²) in [5.41, 5.74) is 0. The first-order valence-electron chi connectivity index (χ1n) is 5.00. The topological polar surface area (TPSA) is 27.6 Å². The van der Waals surface area contributed by atoms with Gasteiger partial charge in [-0.05, 0) is 19.8 Å². The van der Waals surface area contributed by atoms with Gasteiger partial charge in [0.25, 0.3) is 0 Å². The zero-order valence-corrected chi connectivity index (χ0v) is 8.03. The number of hydrogen-bond donors (Lipinski definition) is 1. The van der Waals surface area contributed by atoms with Crippen molar-refractivity contribution in [2.45, 2.75) is 38.4 Å². The van der Waals surface area contributed by atoms with Gasteiger partial charge in [-0.25, -0.2) is 0 Å². The summed E-state index contributed by atoms with van der Waals surface area (Å²) in [6.07, 6.45) is 10.8. The third kappa shape index (κ3) is 1.91. The molecule has 2 rings (SSSR count). The lowest BCUT2D eigenvalue weighted by Crippen LogP contribution is -2.52. The minimum Gasteiger partial charge on any atom is -0.362 e. The van der Waals surface area contributed by atoms with E-state index in [1.54, 1.807) is 6.20 Å². The van der Waals surface area contributed by atoms with Gasteiger partial charge in [-0.3, -0.25) is 9.89 Å². The van der Waals surface area contributed by atoms with E-state index >= 15 is 0 Å². The van der Waals surface area contributed by atoms with Crippen molar-refractivity contribution in [1.29, 1.82) is 0 Å². The fraction of sp³-hybridized carbons (Fsp3) is 0.700. The molecule has 0 saturated carbocycles. The molecule has 2 aliphatic heterocycles. The van der Waals surface area contributed by atoms with Crippen LogP contribution in [0.2, 0.25) is 0 Å². The number of nitrogens with one attached hydrogen (secondary N) is 1. The van der Waals surface area contributed by atoms with E-state index < -0.39 is 0 Å². The van der Waals surface area contributed by atoms with Gasteiger partial charge in [-0.15, -0.1) is 0 Å². The Morgan fingerprint density at radius 2 is 2.46 bits per heavy atom. The minimum atomic E-state index is 0.264. The molecule has 71 valence electrons. The third-order valence-corrected chi connectivity index (χ3v) is 2.81. The summed E-state index contributed by atoms with van der Waals surface area (Å²) in [5.74, 6) is 0. The summed E-state index contributed by atoms with van der Waals surface area (Å²) < 4.78 is 0. The molecule has 0 aromatic rings. The van der Waals surface area contributed by atoms with Crippen LogP contribution in [0.4, 0.5) is 0 Å². The van der Waals surface area contributed by atoms with Gasteiger partial charge >= 0.3 is 0 Å². The summed E-state index contributed by atoms with van der Waals surface area (Å²) in [6, 6.07) is 0.664. The first-order valence-corrected chi connectivity index (χ1v) is 5.00. The Labute approximate surface area is 79.5 Å². The van der Waals surface area contributed by atoms with E-state index in [1.807, 2.05) is 6.21 Å². The molecule has 13 heavy (non-hydrogen) atoms. The van der Waals surface area contributed by atoms with Gasteiger partial charge in [0.05, 0.1) is 12.4 Å². The Morgan fingerprint density at radius 1 is 1.54 bits per heavy atom. The lowest BCUT2D eigenvalue weighted by molar-refractivity contribution is 0.127. The van der Waals surface area contributed by atoms with Crippen molar-refractivity contribution in [3.8, 4) is 0 Å². The maximum Gasteiger partial charge on any atom is 0.116 e. The van der Waals surface area contributed by atoms with E-state index in [0.29, 0.717) is 6.04 Å². The Bertz CT molecular complexity index is 222. The summed E-state index contributed by atoms with van der Waals surface area (Å²) >= 11 is 0. The molecule has 0 spiro atoms. The molecule has 2 unspecified atom stereocenters. The summed E-state index contributed by atoms with van der Waals surface area (Å²) in [5, 5.41) is 3.19. The van der Waals surface area contributed by atoms with Crippen LogP contribution in [0.15, 0.2) is 11.2 Å². The van der Waals surface area contributed by atoms with Gasteiger partial charge in [0.1, 0.15) is 6.17 Å². The molecule has 1 radical (unpaired) electrons. The van der Waals surface area contributed by atoms with Gasteiger partial charge in [0.2, 0.25) is 0 Å². The molecular formula is C10H16N3. The Kier molecular flexibility index (Phi) is 2.64. The first-order chi connectivity index (χ1) is 6.38. The standard InChI is InChI=1S/C10H16N3/c1-9-4-2-3-7-13(9)10-8-11-5-6-12-10/h5,8-10,12H,2-4,7H2,1H3. The van der Waals surface area contributed by atoms with Crippen LogP contribution in [0.5, 0.6) is 0 Å². The van der Waals surface area contributed by atoms with Crippen molar-refractivity contribution in [1.82, 2.24) is 10.2 Å². The van der Waals surface area contributed by atoms with Crippen LogP contribution >= 0.6 is 0 Å². The maximum absolute atomic E-state index is 4.10. The first kappa shape index (κ1) is 8.75. The second-order valence-electron chi connectivity index (χ2n) is 3.74. The molecule has 1 fully saturated rings. The van der Waals surface area contributed by atoms with Crippen molar-refractivity contribution in [2.75, 3.05) is 6.54 Å². The average Bonchev–Trinajstić information content (AvgIpc) is 2.20. The van der Waals surface area contributed by atoms with Crippen LogP contribution in [-0.2, 0) is 0 Å². The smallest absolute Gasteiger partial charge is 0.116 e. The fourth-order valence-corrected chi connectivity index (χ4v) is 2.02. The summed E-state index contributed by atoms with van der Waals surface area (Å²) in [4.78, 5) is 6.55. The highest BCUT2D eigenvalue weighted by Gasteiger charge is 2.24. The van der Waals surface area contributed by atoms with E-state index in [0.717, 1.165) is 0 Å². The van der Waals surface area contributed by atoms with Crippen LogP contribution < -0.4 is 5.32 Å². The SMILES string of the molecule is CC1CCCCN1C1C=NC=[C]N1. The number of rotatable bonds is 1. The van der Waals surface area contributed by atoms with Crippen LogP contribution in [-0.4, -0.2) is 29.9 Å². The molecular weight excluding hydrogens is 162 g/mol. The van der Waals surface area contributed by atoms with E-state index in [4.69, 9.17) is 0 Å². The molecule has 3 nitrogen and oxygen atoms in total. The highest BCUT2D eigenvalue weighted by molar-refractivity contribution is 5.65. The third-order valence-electron chi connectivity index (χ3n) is 2.81. The van der Waals surface area contributed by atoms with E-state index in [2.05, 4.69) is 28.3 Å². The quantitative estimate of drug-likeness (QED) is 0.652. The minimum absolute atomic E-state index is 0.264. The molecule has 0 bridgehead atoms. The van der Waals surface area contributed by atoms with Crippen LogP contribution in [0.1, 0.15) is 26.2 Å². The molecule has 0 amide bonds. The monoisotopic (exact) mass is 178 g/mol. The van der Waals surface area contributed by atoms with Crippen molar-refractivity contribution in [2.24, 2.45) is 4.99 Å². The van der Waals surface area contributed by atoms with Crippen molar-refractivity contribution in [3.63, 3.8) is 0 Å². The van der Waals surface area contributed by atoms with Gasteiger partial charge < -0.3 is 5.32 Å². The van der Waals surface area contributed by atoms with Gasteiger partial charge in [0, 0.05) is 18.8 Å². The van der Waals surface area contributed by atoms with Gasteiger partial charge in [0.15, 0.2) is 0 Å². The Morgan fingerprint density at radius 3 is 3.15 bits per heavy atom. The molecule has 0 aliphatic carbocycles. The van der Waals surface area contributed by atoms with E-state index in [9.17, 15) is 0 Å². The van der Waals surface area contributed by atoms with Crippen molar-refractivity contribution in [3.05, 3.63) is 12.4 Å². The second kappa shape index (κ2) is 3.92. The largest absolute Gasteiger partial charge is 0.362 e. The highest BCUT2D eigenvalue weighted by Crippen LogP contribution is 2.17. The zero-order valence-electron chi connectivity index (χ0n) is 8.03. The fourth-order valence-electron chi connectivity index (χ4n) is 2.02. The summed E-state index contributed by atoms with van der Waals surface area (Å²) in [6.45, 7) is 3.46. The summed E-state index contributed by atoms with van der Waals surface area (Å²) in [7, 11) is 0.